The largest absolute Gasteiger partial charge is 0.354 e. The number of likely N-dealkylation sites (N-methyl/N-ethyl adjacent to an activating group) is 1. The fourth-order valence-corrected chi connectivity index (χ4v) is 2.24. The third-order valence-corrected chi connectivity index (χ3v) is 3.95. The summed E-state index contributed by atoms with van der Waals surface area (Å²) in [5.41, 5.74) is 0.916. The van der Waals surface area contributed by atoms with Crippen LogP contribution in [0.2, 0.25) is 0 Å². The predicted octanol–water partition coefficient (Wildman–Crippen LogP) is 2.55. The first-order valence-electron chi connectivity index (χ1n) is 6.21. The molecule has 0 radical (unpaired) electrons. The molecule has 1 aromatic heterocycles. The number of halogens is 2. The molecule has 1 amide bonds. The summed E-state index contributed by atoms with van der Waals surface area (Å²) in [6.07, 6.45) is 0.364. The Labute approximate surface area is 138 Å². The minimum atomic E-state index is 0. The first-order chi connectivity index (χ1) is 8.32. The molecule has 1 unspecified atom stereocenters. The van der Waals surface area contributed by atoms with Gasteiger partial charge in [-0.15, -0.1) is 36.2 Å². The number of aromatic nitrogens is 1. The predicted molar refractivity (Wildman–Crippen MR) is 90.5 cm³/mol. The van der Waals surface area contributed by atoms with Crippen molar-refractivity contribution in [3.63, 3.8) is 0 Å². The molecule has 118 valence electrons. The fraction of sp³-hybridized carbons (Fsp3) is 0.692. The average Bonchev–Trinajstić information content (AvgIpc) is 2.74. The molecule has 0 bridgehead atoms. The highest BCUT2D eigenvalue weighted by atomic mass is 35.5. The Morgan fingerprint density at radius 1 is 1.40 bits per heavy atom. The summed E-state index contributed by atoms with van der Waals surface area (Å²) in [4.78, 5) is 16.2. The Morgan fingerprint density at radius 3 is 2.45 bits per heavy atom. The summed E-state index contributed by atoms with van der Waals surface area (Å²) in [5, 5.41) is 9.02. The summed E-state index contributed by atoms with van der Waals surface area (Å²) in [6, 6.07) is 0.287. The molecule has 20 heavy (non-hydrogen) atoms. The topological polar surface area (TPSA) is 54.0 Å². The Kier molecular flexibility index (Phi) is 10.5. The molecular weight excluding hydrogens is 317 g/mol. The van der Waals surface area contributed by atoms with Crippen molar-refractivity contribution >= 4 is 42.1 Å². The molecule has 1 atom stereocenters. The van der Waals surface area contributed by atoms with E-state index < -0.39 is 0 Å². The summed E-state index contributed by atoms with van der Waals surface area (Å²) < 4.78 is 0. The minimum Gasteiger partial charge on any atom is -0.354 e. The number of nitrogens with zero attached hydrogens (tertiary/aromatic N) is 1. The maximum atomic E-state index is 11.7. The van der Waals surface area contributed by atoms with Gasteiger partial charge in [0, 0.05) is 23.4 Å². The Morgan fingerprint density at radius 2 is 2.00 bits per heavy atom. The SMILES string of the molecule is CNC(C)CNC(=O)Cc1csc(C(C)(C)C)n1.Cl.Cl. The third kappa shape index (κ3) is 7.43. The number of rotatable bonds is 5. The number of nitrogens with one attached hydrogen (secondary N) is 2. The molecule has 0 aliphatic carbocycles. The second kappa shape index (κ2) is 9.55. The van der Waals surface area contributed by atoms with Crippen LogP contribution >= 0.6 is 36.2 Å². The van der Waals surface area contributed by atoms with Crippen LogP contribution in [0.4, 0.5) is 0 Å². The van der Waals surface area contributed by atoms with E-state index in [2.05, 4.69) is 36.4 Å². The zero-order chi connectivity index (χ0) is 13.8. The van der Waals surface area contributed by atoms with Crippen LogP contribution < -0.4 is 10.6 Å². The van der Waals surface area contributed by atoms with Crippen LogP contribution in [0.5, 0.6) is 0 Å². The molecule has 0 fully saturated rings. The van der Waals surface area contributed by atoms with Crippen molar-refractivity contribution in [2.75, 3.05) is 13.6 Å². The van der Waals surface area contributed by atoms with Gasteiger partial charge in [0.15, 0.2) is 0 Å². The zero-order valence-electron chi connectivity index (χ0n) is 12.6. The molecule has 0 saturated carbocycles. The van der Waals surface area contributed by atoms with Crippen LogP contribution in [0.25, 0.3) is 0 Å². The quantitative estimate of drug-likeness (QED) is 0.865. The lowest BCUT2D eigenvalue weighted by Crippen LogP contribution is -2.37. The number of hydrogen-bond acceptors (Lipinski definition) is 4. The van der Waals surface area contributed by atoms with Gasteiger partial charge in [-0.2, -0.15) is 0 Å². The summed E-state index contributed by atoms with van der Waals surface area (Å²) in [5.74, 6) is 0.0304. The lowest BCUT2D eigenvalue weighted by atomic mass is 9.98. The van der Waals surface area contributed by atoms with Gasteiger partial charge in [0.2, 0.25) is 5.91 Å². The highest BCUT2D eigenvalue weighted by molar-refractivity contribution is 7.09. The van der Waals surface area contributed by atoms with E-state index in [4.69, 9.17) is 0 Å². The molecular formula is C13H25Cl2N3OS. The second-order valence-electron chi connectivity index (χ2n) is 5.56. The molecule has 0 aromatic carbocycles. The van der Waals surface area contributed by atoms with E-state index in [1.54, 1.807) is 11.3 Å². The van der Waals surface area contributed by atoms with Gasteiger partial charge in [-0.3, -0.25) is 4.79 Å². The van der Waals surface area contributed by atoms with Crippen LogP contribution in [-0.4, -0.2) is 30.5 Å². The van der Waals surface area contributed by atoms with Crippen molar-refractivity contribution in [2.45, 2.75) is 45.6 Å². The highest BCUT2D eigenvalue weighted by Crippen LogP contribution is 2.25. The lowest BCUT2D eigenvalue weighted by molar-refractivity contribution is -0.120. The molecule has 0 aliphatic heterocycles. The average molecular weight is 342 g/mol. The van der Waals surface area contributed by atoms with Crippen molar-refractivity contribution in [2.24, 2.45) is 0 Å². The first kappa shape index (κ1) is 21.9. The van der Waals surface area contributed by atoms with Crippen molar-refractivity contribution in [1.82, 2.24) is 15.6 Å². The number of hydrogen-bond donors (Lipinski definition) is 2. The van der Waals surface area contributed by atoms with Crippen molar-refractivity contribution < 1.29 is 4.79 Å². The molecule has 2 N–H and O–H groups in total. The van der Waals surface area contributed by atoms with Crippen molar-refractivity contribution in [1.29, 1.82) is 0 Å². The third-order valence-electron chi connectivity index (χ3n) is 2.63. The standard InChI is InChI=1S/C13H23N3OS.2ClH/c1-9(14-5)7-15-11(17)6-10-8-18-12(16-10)13(2,3)4;;/h8-9,14H,6-7H2,1-5H3,(H,15,17);2*1H. The Bertz CT molecular complexity index is 405. The van der Waals surface area contributed by atoms with Crippen molar-refractivity contribution in [3.8, 4) is 0 Å². The fourth-order valence-electron chi connectivity index (χ4n) is 1.33. The van der Waals surface area contributed by atoms with E-state index in [0.29, 0.717) is 13.0 Å². The number of amides is 1. The van der Waals surface area contributed by atoms with Gasteiger partial charge in [0.1, 0.15) is 0 Å². The van der Waals surface area contributed by atoms with E-state index in [0.717, 1.165) is 10.7 Å². The van der Waals surface area contributed by atoms with Gasteiger partial charge in [-0.1, -0.05) is 20.8 Å². The monoisotopic (exact) mass is 341 g/mol. The van der Waals surface area contributed by atoms with Crippen LogP contribution in [-0.2, 0) is 16.6 Å². The summed E-state index contributed by atoms with van der Waals surface area (Å²) >= 11 is 1.62. The lowest BCUT2D eigenvalue weighted by Gasteiger charge is -2.13. The van der Waals surface area contributed by atoms with Crippen LogP contribution in [0.15, 0.2) is 5.38 Å². The van der Waals surface area contributed by atoms with E-state index >= 15 is 0 Å². The molecule has 0 saturated heterocycles. The Balaban J connectivity index is 0. The maximum absolute atomic E-state index is 11.7. The summed E-state index contributed by atoms with van der Waals surface area (Å²) in [6.45, 7) is 9.06. The molecule has 1 rings (SSSR count). The molecule has 7 heteroatoms. The molecule has 4 nitrogen and oxygen atoms in total. The molecule has 0 spiro atoms. The normalized spacial score (nSPS) is 12.1. The number of thiazole rings is 1. The number of carbonyl (C=O) groups excluding carboxylic acids is 1. The molecule has 1 heterocycles. The van der Waals surface area contributed by atoms with E-state index in [1.807, 2.05) is 19.4 Å². The van der Waals surface area contributed by atoms with Gasteiger partial charge in [-0.05, 0) is 14.0 Å². The van der Waals surface area contributed by atoms with Crippen LogP contribution in [0, 0.1) is 0 Å². The van der Waals surface area contributed by atoms with E-state index in [-0.39, 0.29) is 42.2 Å². The van der Waals surface area contributed by atoms with Gasteiger partial charge in [0.05, 0.1) is 17.1 Å². The van der Waals surface area contributed by atoms with Crippen LogP contribution in [0.3, 0.4) is 0 Å². The van der Waals surface area contributed by atoms with Gasteiger partial charge in [-0.25, -0.2) is 4.98 Å². The highest BCUT2D eigenvalue weighted by Gasteiger charge is 2.18. The van der Waals surface area contributed by atoms with Crippen LogP contribution in [0.1, 0.15) is 38.4 Å². The van der Waals surface area contributed by atoms with E-state index in [9.17, 15) is 4.79 Å². The first-order valence-corrected chi connectivity index (χ1v) is 7.09. The zero-order valence-corrected chi connectivity index (χ0v) is 15.1. The Hall–Kier alpha value is -0.360. The van der Waals surface area contributed by atoms with Crippen molar-refractivity contribution in [3.05, 3.63) is 16.1 Å². The smallest absolute Gasteiger partial charge is 0.226 e. The minimum absolute atomic E-state index is 0. The van der Waals surface area contributed by atoms with Gasteiger partial charge < -0.3 is 10.6 Å². The number of carbonyl (C=O) groups is 1. The maximum Gasteiger partial charge on any atom is 0.226 e. The van der Waals surface area contributed by atoms with E-state index in [1.165, 1.54) is 0 Å². The molecule has 0 aliphatic rings. The molecule has 1 aromatic rings. The van der Waals surface area contributed by atoms with Gasteiger partial charge >= 0.3 is 0 Å². The summed E-state index contributed by atoms with van der Waals surface area (Å²) in [7, 11) is 1.88. The second-order valence-corrected chi connectivity index (χ2v) is 6.42. The van der Waals surface area contributed by atoms with Gasteiger partial charge in [0.25, 0.3) is 0 Å².